The van der Waals surface area contributed by atoms with Gasteiger partial charge in [-0.05, 0) is 6.07 Å². The maximum absolute atomic E-state index is 11.7. The zero-order chi connectivity index (χ0) is 18.5. The van der Waals surface area contributed by atoms with Gasteiger partial charge < -0.3 is 19.5 Å². The van der Waals surface area contributed by atoms with Crippen LogP contribution in [0.3, 0.4) is 0 Å². The lowest BCUT2D eigenvalue weighted by Gasteiger charge is -2.08. The van der Waals surface area contributed by atoms with Crippen molar-refractivity contribution in [3.05, 3.63) is 38.4 Å². The number of nitro benzene ring substituents is 2. The summed E-state index contributed by atoms with van der Waals surface area (Å²) in [5.41, 5.74) is -0.535. The van der Waals surface area contributed by atoms with E-state index in [-0.39, 0.29) is 36.8 Å². The summed E-state index contributed by atoms with van der Waals surface area (Å²) < 4.78 is 27.1. The van der Waals surface area contributed by atoms with E-state index >= 15 is 0 Å². The Bertz CT molecular complexity index is 559. The van der Waals surface area contributed by atoms with Crippen molar-refractivity contribution in [3.8, 4) is 0 Å². The molecule has 0 atom stereocenters. The van der Waals surface area contributed by atoms with E-state index in [9.17, 15) is 24.6 Å². The third-order valence-electron chi connectivity index (χ3n) is 2.92. The molecule has 0 bridgehead atoms. The molecule has 1 aromatic rings. The molecule has 0 unspecified atom stereocenters. The summed E-state index contributed by atoms with van der Waals surface area (Å²) in [5, 5.41) is 24.4. The Balaban J connectivity index is 2.21. The molecule has 11 heteroatoms. The summed E-state index contributed by atoms with van der Waals surface area (Å²) >= 11 is 0. The standard InChI is InChI=1S/C14H20FN3O7/c15-3-5-23-7-9-25-10-8-24-6-4-16-13-2-1-12(17(19)20)11-14(13)18(21)22/h1-2,11,16H,3-10H2. The fourth-order valence-corrected chi connectivity index (χ4v) is 1.79. The summed E-state index contributed by atoms with van der Waals surface area (Å²) in [6.45, 7) is 1.42. The van der Waals surface area contributed by atoms with E-state index in [1.165, 1.54) is 12.1 Å². The summed E-state index contributed by atoms with van der Waals surface area (Å²) in [6, 6.07) is 3.38. The van der Waals surface area contributed by atoms with Crippen molar-refractivity contribution in [1.29, 1.82) is 0 Å². The van der Waals surface area contributed by atoms with Gasteiger partial charge in [-0.25, -0.2) is 4.39 Å². The Morgan fingerprint density at radius 1 is 0.920 bits per heavy atom. The van der Waals surface area contributed by atoms with E-state index in [0.29, 0.717) is 26.4 Å². The predicted octanol–water partition coefficient (Wildman–Crippen LogP) is 1.93. The molecular weight excluding hydrogens is 341 g/mol. The topological polar surface area (TPSA) is 126 Å². The molecule has 0 fully saturated rings. The number of alkyl halides is 1. The van der Waals surface area contributed by atoms with Gasteiger partial charge in [-0.1, -0.05) is 0 Å². The molecule has 140 valence electrons. The van der Waals surface area contributed by atoms with E-state index in [0.717, 1.165) is 6.07 Å². The quantitative estimate of drug-likeness (QED) is 0.303. The molecule has 10 nitrogen and oxygen atoms in total. The highest BCUT2D eigenvalue weighted by molar-refractivity contribution is 5.65. The maximum atomic E-state index is 11.7. The third-order valence-corrected chi connectivity index (χ3v) is 2.92. The zero-order valence-corrected chi connectivity index (χ0v) is 13.5. The predicted molar refractivity (Wildman–Crippen MR) is 86.7 cm³/mol. The van der Waals surface area contributed by atoms with Gasteiger partial charge in [0.25, 0.3) is 11.4 Å². The van der Waals surface area contributed by atoms with Crippen LogP contribution in [0.15, 0.2) is 18.2 Å². The Hall–Kier alpha value is -2.37. The first-order valence-corrected chi connectivity index (χ1v) is 7.52. The Morgan fingerprint density at radius 2 is 1.52 bits per heavy atom. The normalized spacial score (nSPS) is 10.6. The summed E-state index contributed by atoms with van der Waals surface area (Å²) in [4.78, 5) is 20.2. The minimum Gasteiger partial charge on any atom is -0.377 e. The van der Waals surface area contributed by atoms with E-state index in [1.807, 2.05) is 0 Å². The van der Waals surface area contributed by atoms with Gasteiger partial charge in [-0.3, -0.25) is 20.2 Å². The van der Waals surface area contributed by atoms with Gasteiger partial charge in [0.05, 0.1) is 55.6 Å². The van der Waals surface area contributed by atoms with Crippen molar-refractivity contribution in [2.75, 3.05) is 58.2 Å². The number of nitrogens with one attached hydrogen (secondary N) is 1. The second-order valence-electron chi connectivity index (χ2n) is 4.67. The molecule has 0 spiro atoms. The number of nitro groups is 2. The molecule has 0 amide bonds. The van der Waals surface area contributed by atoms with Crippen LogP contribution in [0, 0.1) is 20.2 Å². The highest BCUT2D eigenvalue weighted by Gasteiger charge is 2.18. The van der Waals surface area contributed by atoms with Crippen LogP contribution in [0.1, 0.15) is 0 Å². The lowest BCUT2D eigenvalue weighted by molar-refractivity contribution is -0.393. The molecule has 0 heterocycles. The van der Waals surface area contributed by atoms with Gasteiger partial charge >= 0.3 is 0 Å². The molecule has 0 aliphatic heterocycles. The van der Waals surface area contributed by atoms with E-state index in [2.05, 4.69) is 5.32 Å². The highest BCUT2D eigenvalue weighted by atomic mass is 19.1. The first-order valence-electron chi connectivity index (χ1n) is 7.52. The number of nitrogens with zero attached hydrogens (tertiary/aromatic N) is 2. The number of rotatable bonds is 14. The fraction of sp³-hybridized carbons (Fsp3) is 0.571. The van der Waals surface area contributed by atoms with E-state index in [4.69, 9.17) is 14.2 Å². The number of hydrogen-bond acceptors (Lipinski definition) is 8. The molecule has 0 radical (unpaired) electrons. The average Bonchev–Trinajstić information content (AvgIpc) is 2.59. The van der Waals surface area contributed by atoms with Crippen LogP contribution in [0.5, 0.6) is 0 Å². The molecule has 0 aliphatic carbocycles. The molecule has 0 aromatic heterocycles. The van der Waals surface area contributed by atoms with E-state index < -0.39 is 16.5 Å². The van der Waals surface area contributed by atoms with Crippen LogP contribution >= 0.6 is 0 Å². The molecule has 0 saturated heterocycles. The number of ether oxygens (including phenoxy) is 3. The average molecular weight is 361 g/mol. The molecule has 25 heavy (non-hydrogen) atoms. The largest absolute Gasteiger partial charge is 0.377 e. The van der Waals surface area contributed by atoms with Gasteiger partial charge in [0.1, 0.15) is 12.4 Å². The minimum atomic E-state index is -0.692. The van der Waals surface area contributed by atoms with Crippen molar-refractivity contribution < 1.29 is 28.4 Å². The van der Waals surface area contributed by atoms with Crippen molar-refractivity contribution in [2.45, 2.75) is 0 Å². The van der Waals surface area contributed by atoms with Crippen molar-refractivity contribution in [2.24, 2.45) is 0 Å². The van der Waals surface area contributed by atoms with Gasteiger partial charge in [0.2, 0.25) is 0 Å². The Kier molecular flexibility index (Phi) is 9.97. The fourth-order valence-electron chi connectivity index (χ4n) is 1.79. The van der Waals surface area contributed by atoms with Crippen molar-refractivity contribution >= 4 is 17.1 Å². The number of hydrogen-bond donors (Lipinski definition) is 1. The Morgan fingerprint density at radius 3 is 2.08 bits per heavy atom. The smallest absolute Gasteiger partial charge is 0.299 e. The van der Waals surface area contributed by atoms with Crippen LogP contribution < -0.4 is 5.32 Å². The monoisotopic (exact) mass is 361 g/mol. The van der Waals surface area contributed by atoms with Crippen LogP contribution in [-0.2, 0) is 14.2 Å². The van der Waals surface area contributed by atoms with Gasteiger partial charge in [-0.2, -0.15) is 0 Å². The lowest BCUT2D eigenvalue weighted by atomic mass is 10.2. The van der Waals surface area contributed by atoms with Crippen LogP contribution in [0.25, 0.3) is 0 Å². The highest BCUT2D eigenvalue weighted by Crippen LogP contribution is 2.28. The molecule has 1 aromatic carbocycles. The molecule has 1 N–H and O–H groups in total. The maximum Gasteiger partial charge on any atom is 0.299 e. The molecule has 1 rings (SSSR count). The lowest BCUT2D eigenvalue weighted by Crippen LogP contribution is -2.14. The van der Waals surface area contributed by atoms with Crippen LogP contribution in [-0.4, -0.2) is 62.7 Å². The Labute approximate surface area is 143 Å². The summed E-state index contributed by atoms with van der Waals surface area (Å²) in [6.07, 6.45) is 0. The third kappa shape index (κ3) is 8.33. The van der Waals surface area contributed by atoms with E-state index in [1.54, 1.807) is 0 Å². The van der Waals surface area contributed by atoms with Crippen molar-refractivity contribution in [3.63, 3.8) is 0 Å². The summed E-state index contributed by atoms with van der Waals surface area (Å²) in [7, 11) is 0. The van der Waals surface area contributed by atoms with Gasteiger partial charge in [-0.15, -0.1) is 0 Å². The summed E-state index contributed by atoms with van der Waals surface area (Å²) in [5.74, 6) is 0. The second-order valence-corrected chi connectivity index (χ2v) is 4.67. The number of non-ortho nitro benzene ring substituents is 1. The SMILES string of the molecule is O=[N+]([O-])c1ccc(NCCOCCOCCOCCF)c([N+](=O)[O-])c1. The molecular formula is C14H20FN3O7. The molecule has 0 aliphatic rings. The van der Waals surface area contributed by atoms with Crippen molar-refractivity contribution in [1.82, 2.24) is 0 Å². The first-order chi connectivity index (χ1) is 12.1. The number of halogens is 1. The van der Waals surface area contributed by atoms with Gasteiger partial charge in [0.15, 0.2) is 0 Å². The second kappa shape index (κ2) is 12.1. The zero-order valence-electron chi connectivity index (χ0n) is 13.5. The first kappa shape index (κ1) is 20.7. The molecule has 0 saturated carbocycles. The minimum absolute atomic E-state index is 0.0559. The van der Waals surface area contributed by atoms with Crippen LogP contribution in [0.2, 0.25) is 0 Å². The van der Waals surface area contributed by atoms with Crippen LogP contribution in [0.4, 0.5) is 21.5 Å². The number of anilines is 1. The number of benzene rings is 1. The van der Waals surface area contributed by atoms with Gasteiger partial charge in [0, 0.05) is 12.6 Å².